The SMILES string of the molecule is Cc1cnc2c(N)nccc2c1. The van der Waals surface area contributed by atoms with Gasteiger partial charge >= 0.3 is 0 Å². The second-order valence-electron chi connectivity index (χ2n) is 2.78. The fourth-order valence-electron chi connectivity index (χ4n) is 1.19. The van der Waals surface area contributed by atoms with E-state index in [1.54, 1.807) is 12.4 Å². The molecule has 0 spiro atoms. The average Bonchev–Trinajstić information content (AvgIpc) is 2.04. The van der Waals surface area contributed by atoms with Crippen molar-refractivity contribution in [2.45, 2.75) is 6.92 Å². The number of nitrogens with zero attached hydrogens (tertiary/aromatic N) is 2. The monoisotopic (exact) mass is 159 g/mol. The Hall–Kier alpha value is -1.64. The molecule has 0 atom stereocenters. The molecule has 0 saturated carbocycles. The lowest BCUT2D eigenvalue weighted by molar-refractivity contribution is 1.29. The van der Waals surface area contributed by atoms with Crippen LogP contribution in [0.25, 0.3) is 10.9 Å². The quantitative estimate of drug-likeness (QED) is 0.634. The fourth-order valence-corrected chi connectivity index (χ4v) is 1.19. The first kappa shape index (κ1) is 7.03. The van der Waals surface area contributed by atoms with Gasteiger partial charge in [0.25, 0.3) is 0 Å². The van der Waals surface area contributed by atoms with Crippen molar-refractivity contribution in [2.75, 3.05) is 5.73 Å². The Bertz CT molecular complexity index is 423. The Balaban J connectivity index is 2.86. The molecule has 2 N–H and O–H groups in total. The van der Waals surface area contributed by atoms with Gasteiger partial charge in [0.2, 0.25) is 0 Å². The van der Waals surface area contributed by atoms with Crippen LogP contribution in [0.15, 0.2) is 24.5 Å². The van der Waals surface area contributed by atoms with E-state index in [4.69, 9.17) is 5.73 Å². The Morgan fingerprint density at radius 2 is 2.17 bits per heavy atom. The zero-order chi connectivity index (χ0) is 8.55. The van der Waals surface area contributed by atoms with E-state index >= 15 is 0 Å². The molecule has 0 fully saturated rings. The van der Waals surface area contributed by atoms with Gasteiger partial charge in [0, 0.05) is 17.8 Å². The van der Waals surface area contributed by atoms with Gasteiger partial charge < -0.3 is 5.73 Å². The second-order valence-corrected chi connectivity index (χ2v) is 2.78. The van der Waals surface area contributed by atoms with Gasteiger partial charge in [0.05, 0.1) is 0 Å². The van der Waals surface area contributed by atoms with Crippen LogP contribution in [-0.4, -0.2) is 9.97 Å². The number of hydrogen-bond acceptors (Lipinski definition) is 3. The molecule has 0 bridgehead atoms. The van der Waals surface area contributed by atoms with E-state index in [1.807, 2.05) is 19.1 Å². The van der Waals surface area contributed by atoms with E-state index in [0.717, 1.165) is 16.5 Å². The van der Waals surface area contributed by atoms with Gasteiger partial charge in [0.1, 0.15) is 11.3 Å². The van der Waals surface area contributed by atoms with Gasteiger partial charge in [-0.15, -0.1) is 0 Å². The third-order valence-corrected chi connectivity index (χ3v) is 1.76. The lowest BCUT2D eigenvalue weighted by Crippen LogP contribution is -1.92. The number of hydrogen-bond donors (Lipinski definition) is 1. The zero-order valence-electron chi connectivity index (χ0n) is 6.78. The predicted octanol–water partition coefficient (Wildman–Crippen LogP) is 1.52. The maximum Gasteiger partial charge on any atom is 0.149 e. The zero-order valence-corrected chi connectivity index (χ0v) is 6.78. The summed E-state index contributed by atoms with van der Waals surface area (Å²) >= 11 is 0. The Kier molecular flexibility index (Phi) is 1.43. The molecule has 0 aromatic carbocycles. The molecule has 60 valence electrons. The lowest BCUT2D eigenvalue weighted by Gasteiger charge is -1.99. The summed E-state index contributed by atoms with van der Waals surface area (Å²) < 4.78 is 0. The molecule has 2 aromatic heterocycles. The van der Waals surface area contributed by atoms with E-state index in [9.17, 15) is 0 Å². The molecule has 3 nitrogen and oxygen atoms in total. The van der Waals surface area contributed by atoms with Crippen LogP contribution < -0.4 is 5.73 Å². The van der Waals surface area contributed by atoms with Crippen LogP contribution in [-0.2, 0) is 0 Å². The van der Waals surface area contributed by atoms with Crippen molar-refractivity contribution >= 4 is 16.7 Å². The number of aryl methyl sites for hydroxylation is 1. The summed E-state index contributed by atoms with van der Waals surface area (Å²) in [5.74, 6) is 0.493. The van der Waals surface area contributed by atoms with Gasteiger partial charge in [-0.1, -0.05) is 0 Å². The smallest absolute Gasteiger partial charge is 0.149 e. The number of nitrogen functional groups attached to an aromatic ring is 1. The number of aromatic nitrogens is 2. The molecular weight excluding hydrogens is 150 g/mol. The molecule has 0 saturated heterocycles. The summed E-state index contributed by atoms with van der Waals surface area (Å²) in [7, 11) is 0. The second kappa shape index (κ2) is 2.44. The number of fused-ring (bicyclic) bond motifs is 1. The standard InChI is InChI=1S/C9H9N3/c1-6-4-7-2-3-11-9(10)8(7)12-5-6/h2-5H,1H3,(H2,10,11). The Labute approximate surface area is 70.3 Å². The molecule has 0 amide bonds. The van der Waals surface area contributed by atoms with E-state index in [0.29, 0.717) is 5.82 Å². The molecule has 0 unspecified atom stereocenters. The minimum Gasteiger partial charge on any atom is -0.382 e. The van der Waals surface area contributed by atoms with Crippen molar-refractivity contribution in [3.05, 3.63) is 30.1 Å². The van der Waals surface area contributed by atoms with Gasteiger partial charge in [-0.05, 0) is 24.6 Å². The summed E-state index contributed by atoms with van der Waals surface area (Å²) in [5.41, 5.74) is 7.55. The van der Waals surface area contributed by atoms with Gasteiger partial charge in [-0.25, -0.2) is 4.98 Å². The van der Waals surface area contributed by atoms with Crippen LogP contribution >= 0.6 is 0 Å². The summed E-state index contributed by atoms with van der Waals surface area (Å²) in [5, 5.41) is 1.04. The molecular formula is C9H9N3. The highest BCUT2D eigenvalue weighted by atomic mass is 14.9. The van der Waals surface area contributed by atoms with Gasteiger partial charge in [-0.3, -0.25) is 4.98 Å². The molecule has 2 heterocycles. The number of nitrogens with two attached hydrogens (primary N) is 1. The largest absolute Gasteiger partial charge is 0.382 e. The molecule has 2 aromatic rings. The highest BCUT2D eigenvalue weighted by Crippen LogP contribution is 2.15. The predicted molar refractivity (Wildman–Crippen MR) is 48.7 cm³/mol. The minimum atomic E-state index is 0.493. The summed E-state index contributed by atoms with van der Waals surface area (Å²) in [6, 6.07) is 3.95. The molecule has 12 heavy (non-hydrogen) atoms. The van der Waals surface area contributed by atoms with Crippen LogP contribution in [0.3, 0.4) is 0 Å². The van der Waals surface area contributed by atoms with Crippen LogP contribution in [0.1, 0.15) is 5.56 Å². The molecule has 0 aliphatic heterocycles. The summed E-state index contributed by atoms with van der Waals surface area (Å²) in [6.45, 7) is 2.00. The Morgan fingerprint density at radius 1 is 1.33 bits per heavy atom. The summed E-state index contributed by atoms with van der Waals surface area (Å²) in [6.07, 6.45) is 3.49. The third kappa shape index (κ3) is 0.993. The average molecular weight is 159 g/mol. The molecule has 0 aliphatic rings. The number of pyridine rings is 2. The minimum absolute atomic E-state index is 0.493. The first-order valence-electron chi connectivity index (χ1n) is 3.74. The third-order valence-electron chi connectivity index (χ3n) is 1.76. The van der Waals surface area contributed by atoms with E-state index in [1.165, 1.54) is 0 Å². The first-order chi connectivity index (χ1) is 5.77. The maximum atomic E-state index is 5.63. The van der Waals surface area contributed by atoms with E-state index < -0.39 is 0 Å². The van der Waals surface area contributed by atoms with Crippen molar-refractivity contribution < 1.29 is 0 Å². The van der Waals surface area contributed by atoms with Crippen LogP contribution in [0.5, 0.6) is 0 Å². The first-order valence-corrected chi connectivity index (χ1v) is 3.74. The maximum absolute atomic E-state index is 5.63. The fraction of sp³-hybridized carbons (Fsp3) is 0.111. The van der Waals surface area contributed by atoms with Crippen molar-refractivity contribution in [3.8, 4) is 0 Å². The Morgan fingerprint density at radius 3 is 3.00 bits per heavy atom. The van der Waals surface area contributed by atoms with Crippen LogP contribution in [0, 0.1) is 6.92 Å². The topological polar surface area (TPSA) is 51.8 Å². The van der Waals surface area contributed by atoms with Crippen molar-refractivity contribution in [1.82, 2.24) is 9.97 Å². The van der Waals surface area contributed by atoms with Crippen LogP contribution in [0.4, 0.5) is 5.82 Å². The highest BCUT2D eigenvalue weighted by Gasteiger charge is 1.98. The summed E-state index contributed by atoms with van der Waals surface area (Å²) in [4.78, 5) is 8.15. The van der Waals surface area contributed by atoms with E-state index in [2.05, 4.69) is 9.97 Å². The van der Waals surface area contributed by atoms with Crippen LogP contribution in [0.2, 0.25) is 0 Å². The van der Waals surface area contributed by atoms with Gasteiger partial charge in [-0.2, -0.15) is 0 Å². The molecule has 0 radical (unpaired) electrons. The van der Waals surface area contributed by atoms with Gasteiger partial charge in [0.15, 0.2) is 0 Å². The van der Waals surface area contributed by atoms with Crippen molar-refractivity contribution in [2.24, 2.45) is 0 Å². The van der Waals surface area contributed by atoms with E-state index in [-0.39, 0.29) is 0 Å². The normalized spacial score (nSPS) is 10.4. The number of rotatable bonds is 0. The molecule has 3 heteroatoms. The molecule has 2 rings (SSSR count). The lowest BCUT2D eigenvalue weighted by atomic mass is 10.2. The number of anilines is 1. The molecule has 0 aliphatic carbocycles. The van der Waals surface area contributed by atoms with Crippen molar-refractivity contribution in [3.63, 3.8) is 0 Å². The highest BCUT2D eigenvalue weighted by molar-refractivity contribution is 5.86. The van der Waals surface area contributed by atoms with Crippen molar-refractivity contribution in [1.29, 1.82) is 0 Å².